The van der Waals surface area contributed by atoms with E-state index in [4.69, 9.17) is 0 Å². The van der Waals surface area contributed by atoms with E-state index in [2.05, 4.69) is 10.9 Å². The first-order chi connectivity index (χ1) is 10.7. The zero-order valence-electron chi connectivity index (χ0n) is 12.8. The molecule has 0 aromatic carbocycles. The minimum atomic E-state index is -0.389. The summed E-state index contributed by atoms with van der Waals surface area (Å²) >= 11 is 0. The van der Waals surface area contributed by atoms with E-state index >= 15 is 0 Å². The van der Waals surface area contributed by atoms with Crippen LogP contribution in [0.25, 0.3) is 0 Å². The number of hydrogen-bond donors (Lipinski definition) is 2. The quantitative estimate of drug-likeness (QED) is 0.755. The molecule has 4 heteroatoms. The number of hydrazine groups is 1. The zero-order chi connectivity index (χ0) is 14.7. The second-order valence-electron chi connectivity index (χ2n) is 9.12. The zero-order valence-corrected chi connectivity index (χ0v) is 12.8. The van der Waals surface area contributed by atoms with Gasteiger partial charge in [-0.2, -0.15) is 0 Å². The molecule has 2 N–H and O–H groups in total. The molecule has 7 aliphatic rings. The highest BCUT2D eigenvalue weighted by Gasteiger charge is 2.78. The van der Waals surface area contributed by atoms with Crippen LogP contribution in [0.5, 0.6) is 0 Å². The second-order valence-corrected chi connectivity index (χ2v) is 9.12. The number of carbonyl (C=O) groups excluding carboxylic acids is 2. The Morgan fingerprint density at radius 2 is 0.955 bits per heavy atom. The van der Waals surface area contributed by atoms with Crippen LogP contribution in [0, 0.1) is 47.3 Å². The third kappa shape index (κ3) is 1.05. The smallest absolute Gasteiger partial charge is 0.141 e. The SMILES string of the molecule is O=CC12NNC(C=O)([C@@H]3[C@H]4CC[C@H](C4)[C@@H]31)[C@H]1[C@@H]3CC[C@@H](C3)[C@H]12. The summed E-state index contributed by atoms with van der Waals surface area (Å²) in [5.41, 5.74) is 6.10. The molecule has 22 heavy (non-hydrogen) atoms. The lowest BCUT2D eigenvalue weighted by Gasteiger charge is -2.68. The number of fused-ring (bicyclic) bond motifs is 5. The number of carbonyl (C=O) groups is 2. The van der Waals surface area contributed by atoms with Gasteiger partial charge < -0.3 is 9.59 Å². The van der Waals surface area contributed by atoms with Gasteiger partial charge in [0.1, 0.15) is 12.6 Å². The molecule has 0 spiro atoms. The average molecular weight is 300 g/mol. The van der Waals surface area contributed by atoms with Gasteiger partial charge in [-0.15, -0.1) is 0 Å². The lowest BCUT2D eigenvalue weighted by atomic mass is 9.44. The van der Waals surface area contributed by atoms with E-state index < -0.39 is 0 Å². The summed E-state index contributed by atoms with van der Waals surface area (Å²) in [5, 5.41) is 0. The summed E-state index contributed by atoms with van der Waals surface area (Å²) < 4.78 is 0. The van der Waals surface area contributed by atoms with Crippen LogP contribution in [0.1, 0.15) is 38.5 Å². The van der Waals surface area contributed by atoms with E-state index in [9.17, 15) is 9.59 Å². The minimum Gasteiger partial charge on any atom is -0.301 e. The van der Waals surface area contributed by atoms with Crippen molar-refractivity contribution in [1.29, 1.82) is 0 Å². The third-order valence-corrected chi connectivity index (χ3v) is 8.92. The standard InChI is InChI=1S/C18H24N2O2/c21-7-17-13-9-1-2-10(5-9)14(13)18(8-22,20-19-17)16-12-4-3-11(6-12)15(16)17/h7-16,19-20H,1-6H2/t9-,10+,11+,12-,13+,14-,15-,16+,17?,18?. The van der Waals surface area contributed by atoms with Crippen molar-refractivity contribution in [2.24, 2.45) is 47.3 Å². The summed E-state index contributed by atoms with van der Waals surface area (Å²) in [7, 11) is 0. The minimum absolute atomic E-state index is 0.389. The van der Waals surface area contributed by atoms with E-state index in [1.54, 1.807) is 0 Å². The lowest BCUT2D eigenvalue weighted by molar-refractivity contribution is -0.184. The molecule has 5 saturated carbocycles. The van der Waals surface area contributed by atoms with E-state index in [1.165, 1.54) is 51.1 Å². The Bertz CT molecular complexity index is 493. The molecule has 4 nitrogen and oxygen atoms in total. The van der Waals surface area contributed by atoms with Gasteiger partial charge in [0.2, 0.25) is 0 Å². The number of hydrogen-bond acceptors (Lipinski definition) is 4. The van der Waals surface area contributed by atoms with Crippen LogP contribution in [0.15, 0.2) is 0 Å². The highest BCUT2D eigenvalue weighted by atomic mass is 16.1. The maximum atomic E-state index is 12.4. The maximum absolute atomic E-state index is 12.4. The van der Waals surface area contributed by atoms with E-state index in [-0.39, 0.29) is 11.1 Å². The van der Waals surface area contributed by atoms with Gasteiger partial charge in [0.15, 0.2) is 0 Å². The van der Waals surface area contributed by atoms with E-state index in [0.717, 1.165) is 0 Å². The normalized spacial score (nSPS) is 66.4. The van der Waals surface area contributed by atoms with Crippen molar-refractivity contribution in [2.75, 3.05) is 0 Å². The molecule has 7 rings (SSSR count). The highest BCUT2D eigenvalue weighted by Crippen LogP contribution is 2.72. The first-order valence-electron chi connectivity index (χ1n) is 9.22. The largest absolute Gasteiger partial charge is 0.301 e. The Morgan fingerprint density at radius 3 is 1.23 bits per heavy atom. The Morgan fingerprint density at radius 1 is 0.636 bits per heavy atom. The molecule has 6 bridgehead atoms. The molecule has 2 aliphatic heterocycles. The van der Waals surface area contributed by atoms with Crippen LogP contribution in [0.2, 0.25) is 0 Å². The maximum Gasteiger partial charge on any atom is 0.141 e. The van der Waals surface area contributed by atoms with Crippen molar-refractivity contribution in [3.8, 4) is 0 Å². The molecular formula is C18H24N2O2. The van der Waals surface area contributed by atoms with Crippen molar-refractivity contribution < 1.29 is 9.59 Å². The highest BCUT2D eigenvalue weighted by molar-refractivity contribution is 5.75. The molecule has 7 fully saturated rings. The monoisotopic (exact) mass is 300 g/mol. The fourth-order valence-electron chi connectivity index (χ4n) is 8.70. The topological polar surface area (TPSA) is 58.2 Å². The molecule has 5 aliphatic carbocycles. The Hall–Kier alpha value is -0.740. The van der Waals surface area contributed by atoms with Crippen molar-refractivity contribution in [2.45, 2.75) is 49.6 Å². The first kappa shape index (κ1) is 12.7. The predicted octanol–water partition coefficient (Wildman–Crippen LogP) is 1.31. The van der Waals surface area contributed by atoms with Gasteiger partial charge >= 0.3 is 0 Å². The molecule has 2 saturated heterocycles. The summed E-state index contributed by atoms with van der Waals surface area (Å²) in [6.07, 6.45) is 10.1. The molecule has 0 aromatic rings. The summed E-state index contributed by atoms with van der Waals surface area (Å²) in [6.45, 7) is 0. The van der Waals surface area contributed by atoms with Gasteiger partial charge in [-0.05, 0) is 85.9 Å². The van der Waals surface area contributed by atoms with Gasteiger partial charge in [-0.25, -0.2) is 10.9 Å². The lowest BCUT2D eigenvalue weighted by Crippen LogP contribution is -2.87. The van der Waals surface area contributed by atoms with Crippen molar-refractivity contribution in [1.82, 2.24) is 10.9 Å². The number of aldehydes is 2. The number of nitrogens with one attached hydrogen (secondary N) is 2. The second kappa shape index (κ2) is 3.67. The number of rotatable bonds is 2. The summed E-state index contributed by atoms with van der Waals surface area (Å²) in [4.78, 5) is 24.8. The van der Waals surface area contributed by atoms with Crippen LogP contribution < -0.4 is 10.9 Å². The molecule has 0 radical (unpaired) electrons. The average Bonchev–Trinajstić information content (AvgIpc) is 3.34. The molecule has 0 aromatic heterocycles. The fraction of sp³-hybridized carbons (Fsp3) is 0.889. The molecule has 118 valence electrons. The van der Waals surface area contributed by atoms with Gasteiger partial charge in [-0.3, -0.25) is 0 Å². The van der Waals surface area contributed by atoms with Crippen LogP contribution in [-0.2, 0) is 9.59 Å². The van der Waals surface area contributed by atoms with Crippen molar-refractivity contribution >= 4 is 12.6 Å². The van der Waals surface area contributed by atoms with Crippen LogP contribution >= 0.6 is 0 Å². The van der Waals surface area contributed by atoms with Crippen LogP contribution in [0.4, 0.5) is 0 Å². The van der Waals surface area contributed by atoms with E-state index in [0.29, 0.717) is 47.3 Å². The first-order valence-corrected chi connectivity index (χ1v) is 9.22. The Balaban J connectivity index is 1.60. The third-order valence-electron chi connectivity index (χ3n) is 8.92. The van der Waals surface area contributed by atoms with Crippen molar-refractivity contribution in [3.63, 3.8) is 0 Å². The molecule has 2 unspecified atom stereocenters. The van der Waals surface area contributed by atoms with Gasteiger partial charge in [0.05, 0.1) is 11.1 Å². The van der Waals surface area contributed by atoms with Gasteiger partial charge in [0, 0.05) is 0 Å². The Labute approximate surface area is 130 Å². The van der Waals surface area contributed by atoms with Crippen LogP contribution in [-0.4, -0.2) is 23.7 Å². The fourth-order valence-corrected chi connectivity index (χ4v) is 8.70. The Kier molecular flexibility index (Phi) is 2.11. The van der Waals surface area contributed by atoms with Gasteiger partial charge in [0.25, 0.3) is 0 Å². The summed E-state index contributed by atoms with van der Waals surface area (Å²) in [5.74, 6) is 4.24. The van der Waals surface area contributed by atoms with Crippen LogP contribution in [0.3, 0.4) is 0 Å². The molecular weight excluding hydrogens is 276 g/mol. The molecule has 10 atom stereocenters. The van der Waals surface area contributed by atoms with E-state index in [1.807, 2.05) is 0 Å². The molecule has 0 amide bonds. The summed E-state index contributed by atoms with van der Waals surface area (Å²) in [6, 6.07) is 0. The van der Waals surface area contributed by atoms with Crippen molar-refractivity contribution in [3.05, 3.63) is 0 Å². The molecule has 2 heterocycles. The van der Waals surface area contributed by atoms with Gasteiger partial charge in [-0.1, -0.05) is 0 Å². The predicted molar refractivity (Wildman–Crippen MR) is 79.5 cm³/mol.